The van der Waals surface area contributed by atoms with Crippen LogP contribution in [0.25, 0.3) is 0 Å². The lowest BCUT2D eigenvalue weighted by atomic mass is 10.2. The molecule has 0 aliphatic heterocycles. The van der Waals surface area contributed by atoms with Crippen LogP contribution < -0.4 is 5.32 Å². The minimum absolute atomic E-state index is 0.0614. The van der Waals surface area contributed by atoms with Crippen molar-refractivity contribution in [1.82, 2.24) is 9.97 Å². The molecule has 1 aromatic heterocycles. The predicted molar refractivity (Wildman–Crippen MR) is 75.2 cm³/mol. The van der Waals surface area contributed by atoms with E-state index in [-0.39, 0.29) is 17.5 Å². The average molecular weight is 344 g/mol. The van der Waals surface area contributed by atoms with Gasteiger partial charge in [0.2, 0.25) is 5.28 Å². The van der Waals surface area contributed by atoms with Crippen molar-refractivity contribution < 1.29 is 4.92 Å². The lowest BCUT2D eigenvalue weighted by molar-refractivity contribution is -0.385. The van der Waals surface area contributed by atoms with Gasteiger partial charge < -0.3 is 5.32 Å². The van der Waals surface area contributed by atoms with Crippen LogP contribution in [-0.2, 0) is 6.54 Å². The molecule has 6 nitrogen and oxygen atoms in total. The highest BCUT2D eigenvalue weighted by Gasteiger charge is 2.12. The first-order valence-electron chi connectivity index (χ1n) is 5.22. The van der Waals surface area contributed by atoms with Crippen molar-refractivity contribution >= 4 is 39.0 Å². The number of nitro groups is 1. The molecule has 0 spiro atoms. The topological polar surface area (TPSA) is 81.0 Å². The van der Waals surface area contributed by atoms with Crippen LogP contribution in [0.15, 0.2) is 34.9 Å². The second-order valence-electron chi connectivity index (χ2n) is 3.57. The molecule has 0 saturated carbocycles. The molecule has 0 fully saturated rings. The molecule has 0 atom stereocenters. The van der Waals surface area contributed by atoms with Crippen LogP contribution in [-0.4, -0.2) is 14.9 Å². The Kier molecular flexibility index (Phi) is 4.28. The molecule has 0 radical (unpaired) electrons. The van der Waals surface area contributed by atoms with E-state index in [0.717, 1.165) is 0 Å². The van der Waals surface area contributed by atoms with Gasteiger partial charge in [0.15, 0.2) is 0 Å². The maximum absolute atomic E-state index is 10.9. The van der Waals surface area contributed by atoms with E-state index < -0.39 is 4.92 Å². The SMILES string of the molecule is O=[N+]([O-])c1ccccc1CNc1nc(Cl)ncc1Br. The molecule has 0 saturated heterocycles. The van der Waals surface area contributed by atoms with E-state index in [2.05, 4.69) is 31.2 Å². The predicted octanol–water partition coefficient (Wildman–Crippen LogP) is 3.41. The molecule has 98 valence electrons. The Hall–Kier alpha value is -1.73. The van der Waals surface area contributed by atoms with Crippen molar-refractivity contribution in [3.05, 3.63) is 55.9 Å². The third kappa shape index (κ3) is 3.39. The highest BCUT2D eigenvalue weighted by molar-refractivity contribution is 9.10. The van der Waals surface area contributed by atoms with Crippen molar-refractivity contribution in [1.29, 1.82) is 0 Å². The summed E-state index contributed by atoms with van der Waals surface area (Å²) in [5.41, 5.74) is 0.625. The van der Waals surface area contributed by atoms with Gasteiger partial charge in [-0.05, 0) is 27.5 Å². The molecule has 0 aliphatic rings. The monoisotopic (exact) mass is 342 g/mol. The summed E-state index contributed by atoms with van der Waals surface area (Å²) in [6.45, 7) is 0.267. The first kappa shape index (κ1) is 13.7. The Morgan fingerprint density at radius 3 is 2.89 bits per heavy atom. The Morgan fingerprint density at radius 2 is 2.16 bits per heavy atom. The van der Waals surface area contributed by atoms with Crippen LogP contribution in [0, 0.1) is 10.1 Å². The maximum Gasteiger partial charge on any atom is 0.274 e. The molecule has 2 aromatic rings. The van der Waals surface area contributed by atoms with Gasteiger partial charge in [0.1, 0.15) is 5.82 Å². The lowest BCUT2D eigenvalue weighted by Gasteiger charge is -2.07. The molecule has 1 aromatic carbocycles. The Bertz CT molecular complexity index is 623. The molecule has 0 aliphatic carbocycles. The number of para-hydroxylation sites is 1. The highest BCUT2D eigenvalue weighted by atomic mass is 79.9. The second kappa shape index (κ2) is 5.94. The van der Waals surface area contributed by atoms with Crippen LogP contribution in [0.2, 0.25) is 5.28 Å². The van der Waals surface area contributed by atoms with E-state index >= 15 is 0 Å². The van der Waals surface area contributed by atoms with Gasteiger partial charge in [0.25, 0.3) is 5.69 Å². The third-order valence-electron chi connectivity index (χ3n) is 2.35. The summed E-state index contributed by atoms with van der Waals surface area (Å²) < 4.78 is 0.635. The first-order valence-corrected chi connectivity index (χ1v) is 6.39. The Labute approximate surface area is 122 Å². The number of benzene rings is 1. The van der Waals surface area contributed by atoms with Crippen LogP contribution >= 0.6 is 27.5 Å². The fourth-order valence-electron chi connectivity index (χ4n) is 1.49. The standard InChI is InChI=1S/C11H8BrClN4O2/c12-8-6-15-11(13)16-10(8)14-5-7-3-1-2-4-9(7)17(18)19/h1-4,6H,5H2,(H,14,15,16). The van der Waals surface area contributed by atoms with Crippen molar-refractivity contribution in [2.75, 3.05) is 5.32 Å². The van der Waals surface area contributed by atoms with E-state index in [9.17, 15) is 10.1 Å². The average Bonchev–Trinajstić information content (AvgIpc) is 2.40. The van der Waals surface area contributed by atoms with E-state index in [4.69, 9.17) is 11.6 Å². The highest BCUT2D eigenvalue weighted by Crippen LogP contribution is 2.23. The number of anilines is 1. The van der Waals surface area contributed by atoms with Crippen molar-refractivity contribution in [2.45, 2.75) is 6.54 Å². The van der Waals surface area contributed by atoms with Gasteiger partial charge in [-0.25, -0.2) is 4.98 Å². The molecule has 0 bridgehead atoms. The van der Waals surface area contributed by atoms with Crippen molar-refractivity contribution in [3.8, 4) is 0 Å². The molecule has 2 rings (SSSR count). The largest absolute Gasteiger partial charge is 0.365 e. The number of nitrogens with zero attached hydrogens (tertiary/aromatic N) is 3. The molecular weight excluding hydrogens is 336 g/mol. The van der Waals surface area contributed by atoms with E-state index in [1.165, 1.54) is 12.3 Å². The number of aromatic nitrogens is 2. The van der Waals surface area contributed by atoms with E-state index in [1.54, 1.807) is 18.2 Å². The number of halogens is 2. The van der Waals surface area contributed by atoms with Gasteiger partial charge in [-0.3, -0.25) is 10.1 Å². The number of rotatable bonds is 4. The zero-order valence-corrected chi connectivity index (χ0v) is 11.8. The number of nitrogens with one attached hydrogen (secondary N) is 1. The quantitative estimate of drug-likeness (QED) is 0.522. The van der Waals surface area contributed by atoms with Crippen molar-refractivity contribution in [3.63, 3.8) is 0 Å². The zero-order valence-electron chi connectivity index (χ0n) is 9.51. The summed E-state index contributed by atoms with van der Waals surface area (Å²) in [5, 5.41) is 14.0. The second-order valence-corrected chi connectivity index (χ2v) is 4.77. The van der Waals surface area contributed by atoms with Crippen molar-refractivity contribution in [2.24, 2.45) is 0 Å². The summed E-state index contributed by atoms with van der Waals surface area (Å²) >= 11 is 8.96. The van der Waals surface area contributed by atoms with E-state index in [0.29, 0.717) is 15.9 Å². The first-order chi connectivity index (χ1) is 9.08. The normalized spacial score (nSPS) is 10.2. The summed E-state index contributed by atoms with van der Waals surface area (Å²) in [4.78, 5) is 18.2. The Balaban J connectivity index is 2.19. The summed E-state index contributed by atoms with van der Waals surface area (Å²) in [6.07, 6.45) is 1.51. The molecule has 19 heavy (non-hydrogen) atoms. The smallest absolute Gasteiger partial charge is 0.274 e. The zero-order chi connectivity index (χ0) is 13.8. The van der Waals surface area contributed by atoms with Crippen LogP contribution in [0.4, 0.5) is 11.5 Å². The van der Waals surface area contributed by atoms with Gasteiger partial charge in [0.05, 0.1) is 9.40 Å². The molecule has 1 N–H and O–H groups in total. The minimum Gasteiger partial charge on any atom is -0.365 e. The van der Waals surface area contributed by atoms with Gasteiger partial charge in [-0.2, -0.15) is 4.98 Å². The molecule has 1 heterocycles. The molecule has 0 amide bonds. The minimum atomic E-state index is -0.418. The fourth-order valence-corrected chi connectivity index (χ4v) is 1.95. The molecular formula is C11H8BrClN4O2. The number of hydrogen-bond acceptors (Lipinski definition) is 5. The molecule has 0 unspecified atom stereocenters. The summed E-state index contributed by atoms with van der Waals surface area (Å²) in [7, 11) is 0. The van der Waals surface area contributed by atoms with Crippen LogP contribution in [0.5, 0.6) is 0 Å². The summed E-state index contributed by atoms with van der Waals surface area (Å²) in [5.74, 6) is 0.484. The van der Waals surface area contributed by atoms with Gasteiger partial charge >= 0.3 is 0 Å². The van der Waals surface area contributed by atoms with Gasteiger partial charge in [-0.15, -0.1) is 0 Å². The maximum atomic E-state index is 10.9. The van der Waals surface area contributed by atoms with Crippen LogP contribution in [0.3, 0.4) is 0 Å². The van der Waals surface area contributed by atoms with E-state index in [1.807, 2.05) is 0 Å². The third-order valence-corrected chi connectivity index (χ3v) is 3.11. The summed E-state index contributed by atoms with van der Waals surface area (Å²) in [6, 6.07) is 6.51. The van der Waals surface area contributed by atoms with Gasteiger partial charge in [-0.1, -0.05) is 18.2 Å². The van der Waals surface area contributed by atoms with Gasteiger partial charge in [0, 0.05) is 24.4 Å². The molecule has 8 heteroatoms. The van der Waals surface area contributed by atoms with Crippen LogP contribution in [0.1, 0.15) is 5.56 Å². The number of nitro benzene ring substituents is 1. The Morgan fingerprint density at radius 1 is 1.42 bits per heavy atom. The fraction of sp³-hybridized carbons (Fsp3) is 0.0909. The number of hydrogen-bond donors (Lipinski definition) is 1. The lowest BCUT2D eigenvalue weighted by Crippen LogP contribution is -2.05.